The minimum Gasteiger partial charge on any atom is -0.383 e. The molecule has 0 spiro atoms. The average molecular weight is 322 g/mol. The molecule has 0 bridgehead atoms. The summed E-state index contributed by atoms with van der Waals surface area (Å²) in [6.45, 7) is 1.06. The number of anilines is 1. The number of carbonyl (C=O) groups is 1. The number of nitrogens with zero attached hydrogens (tertiary/aromatic N) is 2. The lowest BCUT2D eigenvalue weighted by molar-refractivity contribution is 0.0959. The van der Waals surface area contributed by atoms with E-state index in [1.165, 1.54) is 11.3 Å². The molecule has 0 aliphatic heterocycles. The van der Waals surface area contributed by atoms with Gasteiger partial charge in [0.1, 0.15) is 11.8 Å². The van der Waals surface area contributed by atoms with Crippen LogP contribution in [0.3, 0.4) is 0 Å². The zero-order valence-corrected chi connectivity index (χ0v) is 13.1. The van der Waals surface area contributed by atoms with Crippen molar-refractivity contribution >= 4 is 33.8 Å². The van der Waals surface area contributed by atoms with Gasteiger partial charge < -0.3 is 10.6 Å². The number of carbonyl (C=O) groups excluding carboxylic acids is 1. The lowest BCUT2D eigenvalue weighted by Gasteiger charge is -2.10. The molecule has 2 heterocycles. The molecule has 5 nitrogen and oxygen atoms in total. The molecule has 0 fully saturated rings. The van der Waals surface area contributed by atoms with Crippen LogP contribution in [-0.2, 0) is 0 Å². The highest BCUT2D eigenvalue weighted by Crippen LogP contribution is 2.22. The molecule has 6 heteroatoms. The van der Waals surface area contributed by atoms with Crippen molar-refractivity contribution in [1.82, 2.24) is 10.3 Å². The first-order chi connectivity index (χ1) is 11.3. The molecule has 3 rings (SSSR count). The van der Waals surface area contributed by atoms with E-state index in [4.69, 9.17) is 5.26 Å². The Labute approximate surface area is 137 Å². The van der Waals surface area contributed by atoms with Gasteiger partial charge in [0.25, 0.3) is 5.91 Å². The maximum Gasteiger partial charge on any atom is 0.261 e. The number of hydrogen-bond donors (Lipinski definition) is 2. The van der Waals surface area contributed by atoms with Crippen molar-refractivity contribution in [3.63, 3.8) is 0 Å². The SMILES string of the molecule is N#Cc1cc(NCCNC(=O)c2cccs2)c2ccccc2n1. The van der Waals surface area contributed by atoms with Crippen LogP contribution in [0.25, 0.3) is 10.9 Å². The van der Waals surface area contributed by atoms with Crippen molar-refractivity contribution in [1.29, 1.82) is 5.26 Å². The van der Waals surface area contributed by atoms with E-state index < -0.39 is 0 Å². The smallest absolute Gasteiger partial charge is 0.261 e. The lowest BCUT2D eigenvalue weighted by atomic mass is 10.1. The number of para-hydroxylation sites is 1. The second-order valence-electron chi connectivity index (χ2n) is 4.84. The second-order valence-corrected chi connectivity index (χ2v) is 5.79. The molecule has 1 amide bonds. The first-order valence-electron chi connectivity index (χ1n) is 7.13. The van der Waals surface area contributed by atoms with E-state index in [2.05, 4.69) is 21.7 Å². The number of rotatable bonds is 5. The summed E-state index contributed by atoms with van der Waals surface area (Å²) in [7, 11) is 0. The van der Waals surface area contributed by atoms with E-state index >= 15 is 0 Å². The molecule has 23 heavy (non-hydrogen) atoms. The highest BCUT2D eigenvalue weighted by atomic mass is 32.1. The molecule has 114 valence electrons. The quantitative estimate of drug-likeness (QED) is 0.708. The highest BCUT2D eigenvalue weighted by Gasteiger charge is 2.07. The van der Waals surface area contributed by atoms with Crippen LogP contribution in [0.1, 0.15) is 15.4 Å². The zero-order valence-electron chi connectivity index (χ0n) is 12.2. The highest BCUT2D eigenvalue weighted by molar-refractivity contribution is 7.12. The number of nitriles is 1. The number of fused-ring (bicyclic) bond motifs is 1. The first-order valence-corrected chi connectivity index (χ1v) is 8.01. The van der Waals surface area contributed by atoms with Crippen molar-refractivity contribution in [2.75, 3.05) is 18.4 Å². The van der Waals surface area contributed by atoms with Crippen LogP contribution in [0.2, 0.25) is 0 Å². The fourth-order valence-electron chi connectivity index (χ4n) is 2.25. The third-order valence-electron chi connectivity index (χ3n) is 3.30. The molecule has 0 atom stereocenters. The topological polar surface area (TPSA) is 77.8 Å². The Morgan fingerprint density at radius 1 is 1.22 bits per heavy atom. The summed E-state index contributed by atoms with van der Waals surface area (Å²) in [5.41, 5.74) is 1.99. The van der Waals surface area contributed by atoms with Gasteiger partial charge in [-0.1, -0.05) is 24.3 Å². The molecule has 0 saturated heterocycles. The largest absolute Gasteiger partial charge is 0.383 e. The Kier molecular flexibility index (Phi) is 4.50. The molecule has 2 N–H and O–H groups in total. The molecular weight excluding hydrogens is 308 g/mol. The predicted octanol–water partition coefficient (Wildman–Crippen LogP) is 3.01. The standard InChI is InChI=1S/C17H14N4OS/c18-11-12-10-15(13-4-1-2-5-14(13)21-12)19-7-8-20-17(22)16-6-3-9-23-16/h1-6,9-10H,7-8H2,(H,19,21)(H,20,22). The number of thiophene rings is 1. The predicted molar refractivity (Wildman–Crippen MR) is 91.6 cm³/mol. The Morgan fingerprint density at radius 3 is 2.87 bits per heavy atom. The summed E-state index contributed by atoms with van der Waals surface area (Å²) in [6, 6.07) is 15.1. The van der Waals surface area contributed by atoms with Crippen molar-refractivity contribution in [2.45, 2.75) is 0 Å². The van der Waals surface area contributed by atoms with Crippen LogP contribution in [0.5, 0.6) is 0 Å². The fourth-order valence-corrected chi connectivity index (χ4v) is 2.89. The van der Waals surface area contributed by atoms with E-state index in [0.717, 1.165) is 16.6 Å². The fraction of sp³-hybridized carbons (Fsp3) is 0.118. The average Bonchev–Trinajstić information content (AvgIpc) is 3.12. The molecule has 3 aromatic rings. The molecule has 1 aromatic carbocycles. The van der Waals surface area contributed by atoms with Crippen molar-refractivity contribution in [3.8, 4) is 6.07 Å². The Hall–Kier alpha value is -2.91. The number of benzene rings is 1. The lowest BCUT2D eigenvalue weighted by Crippen LogP contribution is -2.28. The van der Waals surface area contributed by atoms with E-state index in [1.54, 1.807) is 12.1 Å². The molecule has 0 unspecified atom stereocenters. The van der Waals surface area contributed by atoms with Gasteiger partial charge in [-0.15, -0.1) is 11.3 Å². The van der Waals surface area contributed by atoms with Gasteiger partial charge in [0, 0.05) is 24.2 Å². The summed E-state index contributed by atoms with van der Waals surface area (Å²) >= 11 is 1.42. The number of hydrogen-bond acceptors (Lipinski definition) is 5. The third-order valence-corrected chi connectivity index (χ3v) is 4.17. The maximum absolute atomic E-state index is 11.8. The zero-order chi connectivity index (χ0) is 16.1. The van der Waals surface area contributed by atoms with E-state index in [1.807, 2.05) is 35.7 Å². The van der Waals surface area contributed by atoms with Crippen molar-refractivity contribution < 1.29 is 4.79 Å². The van der Waals surface area contributed by atoms with Crippen LogP contribution in [0.4, 0.5) is 5.69 Å². The molecule has 0 aliphatic rings. The van der Waals surface area contributed by atoms with Crippen LogP contribution in [-0.4, -0.2) is 24.0 Å². The van der Waals surface area contributed by atoms with Crippen LogP contribution in [0, 0.1) is 11.3 Å². The van der Waals surface area contributed by atoms with Gasteiger partial charge in [-0.05, 0) is 23.6 Å². The molecular formula is C17H14N4OS. The van der Waals surface area contributed by atoms with Crippen molar-refractivity contribution in [2.24, 2.45) is 0 Å². The third kappa shape index (κ3) is 3.47. The van der Waals surface area contributed by atoms with Gasteiger partial charge in [-0.2, -0.15) is 5.26 Å². The van der Waals surface area contributed by atoms with E-state index in [9.17, 15) is 4.79 Å². The van der Waals surface area contributed by atoms with Gasteiger partial charge in [0.05, 0.1) is 10.4 Å². The second kappa shape index (κ2) is 6.90. The summed E-state index contributed by atoms with van der Waals surface area (Å²) in [5, 5.41) is 18.0. The first kappa shape index (κ1) is 15.0. The van der Waals surface area contributed by atoms with Gasteiger partial charge in [0.2, 0.25) is 0 Å². The number of pyridine rings is 1. The monoisotopic (exact) mass is 322 g/mol. The summed E-state index contributed by atoms with van der Waals surface area (Å²) < 4.78 is 0. The molecule has 0 saturated carbocycles. The summed E-state index contributed by atoms with van der Waals surface area (Å²) in [4.78, 5) is 16.8. The number of amides is 1. The summed E-state index contributed by atoms with van der Waals surface area (Å²) in [5.74, 6) is -0.0703. The van der Waals surface area contributed by atoms with Gasteiger partial charge in [0.15, 0.2) is 0 Å². The van der Waals surface area contributed by atoms with Gasteiger partial charge in [-0.3, -0.25) is 4.79 Å². The minimum absolute atomic E-state index is 0.0703. The van der Waals surface area contributed by atoms with Gasteiger partial charge in [-0.25, -0.2) is 4.98 Å². The number of aromatic nitrogens is 1. The maximum atomic E-state index is 11.8. The normalized spacial score (nSPS) is 10.2. The van der Waals surface area contributed by atoms with E-state index in [0.29, 0.717) is 23.7 Å². The Bertz CT molecular complexity index is 868. The number of nitrogens with one attached hydrogen (secondary N) is 2. The molecule has 0 aliphatic carbocycles. The van der Waals surface area contributed by atoms with E-state index in [-0.39, 0.29) is 5.91 Å². The van der Waals surface area contributed by atoms with Crippen LogP contribution in [0.15, 0.2) is 47.8 Å². The van der Waals surface area contributed by atoms with Crippen molar-refractivity contribution in [3.05, 3.63) is 58.4 Å². The summed E-state index contributed by atoms with van der Waals surface area (Å²) in [6.07, 6.45) is 0. The molecule has 2 aromatic heterocycles. The minimum atomic E-state index is -0.0703. The Balaban J connectivity index is 1.65. The molecule has 0 radical (unpaired) electrons. The van der Waals surface area contributed by atoms with Crippen LogP contribution >= 0.6 is 11.3 Å². The van der Waals surface area contributed by atoms with Crippen LogP contribution < -0.4 is 10.6 Å². The van der Waals surface area contributed by atoms with Gasteiger partial charge >= 0.3 is 0 Å². The Morgan fingerprint density at radius 2 is 2.09 bits per heavy atom.